The second-order valence-electron chi connectivity index (χ2n) is 3.59. The third-order valence-electron chi connectivity index (χ3n) is 2.58. The first-order valence-corrected chi connectivity index (χ1v) is 5.12. The Hall–Kier alpha value is -1.29. The molecule has 84 valence electrons. The molecule has 0 aliphatic carbocycles. The molecule has 0 radical (unpaired) electrons. The Kier molecular flexibility index (Phi) is 4.37. The van der Waals surface area contributed by atoms with Crippen molar-refractivity contribution < 1.29 is 4.74 Å². The number of rotatable bonds is 5. The van der Waals surface area contributed by atoms with Crippen molar-refractivity contribution in [1.82, 2.24) is 4.98 Å². The number of hydrogen-bond acceptors (Lipinski definition) is 4. The molecule has 1 atom stereocenters. The molecule has 1 aromatic heterocycles. The van der Waals surface area contributed by atoms with E-state index in [-0.39, 0.29) is 0 Å². The lowest BCUT2D eigenvalue weighted by Crippen LogP contribution is -2.30. The summed E-state index contributed by atoms with van der Waals surface area (Å²) in [5.41, 5.74) is 6.64. The Labute approximate surface area is 91.1 Å². The van der Waals surface area contributed by atoms with Gasteiger partial charge in [-0.3, -0.25) is 0 Å². The zero-order chi connectivity index (χ0) is 11.3. The summed E-state index contributed by atoms with van der Waals surface area (Å²) < 4.78 is 5.08. The molecule has 4 nitrogen and oxygen atoms in total. The van der Waals surface area contributed by atoms with Gasteiger partial charge >= 0.3 is 0 Å². The second-order valence-corrected chi connectivity index (χ2v) is 3.59. The van der Waals surface area contributed by atoms with Crippen LogP contribution >= 0.6 is 0 Å². The van der Waals surface area contributed by atoms with Gasteiger partial charge in [-0.2, -0.15) is 0 Å². The van der Waals surface area contributed by atoms with E-state index in [1.807, 2.05) is 12.1 Å². The topological polar surface area (TPSA) is 51.4 Å². The molecule has 1 aromatic rings. The third-order valence-corrected chi connectivity index (χ3v) is 2.58. The molecule has 0 amide bonds. The van der Waals surface area contributed by atoms with Gasteiger partial charge < -0.3 is 15.4 Å². The summed E-state index contributed by atoms with van der Waals surface area (Å²) in [4.78, 5) is 6.25. The van der Waals surface area contributed by atoms with Crippen LogP contribution in [-0.4, -0.2) is 31.7 Å². The fourth-order valence-electron chi connectivity index (χ4n) is 1.42. The predicted molar refractivity (Wildman–Crippen MR) is 62.3 cm³/mol. The van der Waals surface area contributed by atoms with E-state index in [0.29, 0.717) is 18.5 Å². The summed E-state index contributed by atoms with van der Waals surface area (Å²) in [5.74, 6) is 0.638. The number of hydrogen-bond donors (Lipinski definition) is 1. The number of nitrogens with zero attached hydrogens (tertiary/aromatic N) is 2. The monoisotopic (exact) mass is 209 g/mol. The number of nitrogens with two attached hydrogens (primary N) is 1. The van der Waals surface area contributed by atoms with E-state index in [1.165, 1.54) is 0 Å². The first-order chi connectivity index (χ1) is 7.19. The van der Waals surface area contributed by atoms with E-state index < -0.39 is 0 Å². The Balaban J connectivity index is 2.76. The second kappa shape index (κ2) is 5.56. The van der Waals surface area contributed by atoms with Crippen LogP contribution in [0.1, 0.15) is 13.3 Å². The van der Waals surface area contributed by atoms with E-state index in [2.05, 4.69) is 23.9 Å². The standard InChI is InChI=1S/C11H19N3O/c1-9(4-6-12)14(2)10-5-7-13-11(8-10)15-3/h5,7-9H,4,6,12H2,1-3H3. The SMILES string of the molecule is COc1cc(N(C)C(C)CCN)ccn1. The highest BCUT2D eigenvalue weighted by molar-refractivity contribution is 5.48. The molecule has 1 unspecified atom stereocenters. The van der Waals surface area contributed by atoms with Crippen molar-refractivity contribution in [2.24, 2.45) is 5.73 Å². The van der Waals surface area contributed by atoms with Gasteiger partial charge in [0.2, 0.25) is 5.88 Å². The van der Waals surface area contributed by atoms with Crippen molar-refractivity contribution in [3.8, 4) is 5.88 Å². The van der Waals surface area contributed by atoms with Crippen LogP contribution in [0.3, 0.4) is 0 Å². The van der Waals surface area contributed by atoms with Gasteiger partial charge in [-0.15, -0.1) is 0 Å². The van der Waals surface area contributed by atoms with Gasteiger partial charge in [0.25, 0.3) is 0 Å². The van der Waals surface area contributed by atoms with Gasteiger partial charge in [-0.05, 0) is 26.0 Å². The average molecular weight is 209 g/mol. The van der Waals surface area contributed by atoms with Crippen LogP contribution in [0, 0.1) is 0 Å². The third kappa shape index (κ3) is 3.09. The molecule has 0 bridgehead atoms. The maximum atomic E-state index is 5.54. The molecule has 0 aromatic carbocycles. The van der Waals surface area contributed by atoms with E-state index in [9.17, 15) is 0 Å². The summed E-state index contributed by atoms with van der Waals surface area (Å²) >= 11 is 0. The van der Waals surface area contributed by atoms with Crippen LogP contribution < -0.4 is 15.4 Å². The maximum absolute atomic E-state index is 5.54. The van der Waals surface area contributed by atoms with Crippen molar-refractivity contribution in [3.05, 3.63) is 18.3 Å². The first kappa shape index (κ1) is 11.8. The summed E-state index contributed by atoms with van der Waals surface area (Å²) in [6, 6.07) is 4.31. The maximum Gasteiger partial charge on any atom is 0.214 e. The lowest BCUT2D eigenvalue weighted by atomic mass is 10.2. The van der Waals surface area contributed by atoms with Crippen molar-refractivity contribution in [2.45, 2.75) is 19.4 Å². The van der Waals surface area contributed by atoms with Crippen molar-refractivity contribution >= 4 is 5.69 Å². The molecular formula is C11H19N3O. The van der Waals surface area contributed by atoms with Crippen molar-refractivity contribution in [2.75, 3.05) is 25.6 Å². The highest BCUT2D eigenvalue weighted by Gasteiger charge is 2.09. The number of pyridine rings is 1. The fourth-order valence-corrected chi connectivity index (χ4v) is 1.42. The highest BCUT2D eigenvalue weighted by Crippen LogP contribution is 2.19. The van der Waals surface area contributed by atoms with Gasteiger partial charge in [-0.1, -0.05) is 0 Å². The van der Waals surface area contributed by atoms with Gasteiger partial charge in [0.05, 0.1) is 7.11 Å². The minimum Gasteiger partial charge on any atom is -0.481 e. The van der Waals surface area contributed by atoms with Gasteiger partial charge in [0.15, 0.2) is 0 Å². The Morgan fingerprint density at radius 1 is 1.60 bits per heavy atom. The van der Waals surface area contributed by atoms with Gasteiger partial charge in [0, 0.05) is 31.0 Å². The summed E-state index contributed by atoms with van der Waals surface area (Å²) in [5, 5.41) is 0. The molecule has 0 aliphatic rings. The largest absolute Gasteiger partial charge is 0.481 e. The molecule has 15 heavy (non-hydrogen) atoms. The number of anilines is 1. The zero-order valence-corrected chi connectivity index (χ0v) is 9.60. The highest BCUT2D eigenvalue weighted by atomic mass is 16.5. The molecule has 0 fully saturated rings. The van der Waals surface area contributed by atoms with Crippen LogP contribution in [0.2, 0.25) is 0 Å². The summed E-state index contributed by atoms with van der Waals surface area (Å²) in [7, 11) is 3.67. The van der Waals surface area contributed by atoms with Crippen LogP contribution in [0.15, 0.2) is 18.3 Å². The normalized spacial score (nSPS) is 12.3. The Bertz CT molecular complexity index is 304. The van der Waals surface area contributed by atoms with Gasteiger partial charge in [0.1, 0.15) is 0 Å². The fraction of sp³-hybridized carbons (Fsp3) is 0.545. The van der Waals surface area contributed by atoms with E-state index >= 15 is 0 Å². The van der Waals surface area contributed by atoms with Crippen LogP contribution in [0.25, 0.3) is 0 Å². The van der Waals surface area contributed by atoms with E-state index in [0.717, 1.165) is 12.1 Å². The zero-order valence-electron chi connectivity index (χ0n) is 9.60. The molecule has 0 spiro atoms. The molecule has 2 N–H and O–H groups in total. The quantitative estimate of drug-likeness (QED) is 0.793. The van der Waals surface area contributed by atoms with E-state index in [1.54, 1.807) is 13.3 Å². The molecule has 0 aliphatic heterocycles. The van der Waals surface area contributed by atoms with Gasteiger partial charge in [-0.25, -0.2) is 4.98 Å². The molecule has 0 saturated carbocycles. The van der Waals surface area contributed by atoms with Crippen molar-refractivity contribution in [1.29, 1.82) is 0 Å². The lowest BCUT2D eigenvalue weighted by molar-refractivity contribution is 0.398. The first-order valence-electron chi connectivity index (χ1n) is 5.12. The number of methoxy groups -OCH3 is 1. The summed E-state index contributed by atoms with van der Waals surface area (Å²) in [6.45, 7) is 2.85. The van der Waals surface area contributed by atoms with Crippen LogP contribution in [-0.2, 0) is 0 Å². The minimum absolute atomic E-state index is 0.419. The Morgan fingerprint density at radius 3 is 2.93 bits per heavy atom. The summed E-state index contributed by atoms with van der Waals surface area (Å²) in [6.07, 6.45) is 2.72. The number of ether oxygens (including phenoxy) is 1. The lowest BCUT2D eigenvalue weighted by Gasteiger charge is -2.26. The molecule has 4 heteroatoms. The smallest absolute Gasteiger partial charge is 0.214 e. The van der Waals surface area contributed by atoms with Crippen molar-refractivity contribution in [3.63, 3.8) is 0 Å². The molecular weight excluding hydrogens is 190 g/mol. The molecule has 0 saturated heterocycles. The van der Waals surface area contributed by atoms with E-state index in [4.69, 9.17) is 10.5 Å². The molecule has 1 heterocycles. The Morgan fingerprint density at radius 2 is 2.33 bits per heavy atom. The predicted octanol–water partition coefficient (Wildman–Crippen LogP) is 1.26. The average Bonchev–Trinajstić information content (AvgIpc) is 2.28. The number of aromatic nitrogens is 1. The van der Waals surface area contributed by atoms with Crippen LogP contribution in [0.4, 0.5) is 5.69 Å². The van der Waals surface area contributed by atoms with Crippen LogP contribution in [0.5, 0.6) is 5.88 Å². The minimum atomic E-state index is 0.419. The molecule has 1 rings (SSSR count).